The summed E-state index contributed by atoms with van der Waals surface area (Å²) >= 11 is 1.59. The lowest BCUT2D eigenvalue weighted by Crippen LogP contribution is -2.07. The number of thioether (sulfide) groups is 1. The van der Waals surface area contributed by atoms with E-state index in [4.69, 9.17) is 0 Å². The summed E-state index contributed by atoms with van der Waals surface area (Å²) < 4.78 is 42.6. The van der Waals surface area contributed by atoms with Crippen LogP contribution in [0.4, 0.5) is 13.2 Å². The zero-order valence-corrected chi connectivity index (χ0v) is 17.6. The van der Waals surface area contributed by atoms with Gasteiger partial charge in [0.25, 0.3) is 0 Å². The Bertz CT molecular complexity index is 1240. The molecule has 0 radical (unpaired) electrons. The molecule has 0 aliphatic rings. The fourth-order valence-electron chi connectivity index (χ4n) is 3.33. The maximum Gasteiger partial charge on any atom is 0.433 e. The van der Waals surface area contributed by atoms with E-state index in [1.807, 2.05) is 37.6 Å². The summed E-state index contributed by atoms with van der Waals surface area (Å²) in [7, 11) is 1.75. The Morgan fingerprint density at radius 3 is 2.47 bits per heavy atom. The molecule has 0 aliphatic heterocycles. The number of hydrogen-bond donors (Lipinski definition) is 0. The molecule has 0 fully saturated rings. The molecule has 0 unspecified atom stereocenters. The van der Waals surface area contributed by atoms with Crippen molar-refractivity contribution in [3.63, 3.8) is 0 Å². The maximum absolute atomic E-state index is 13.0. The molecule has 0 atom stereocenters. The van der Waals surface area contributed by atoms with Gasteiger partial charge in [0.15, 0.2) is 5.82 Å². The number of pyridine rings is 2. The molecule has 156 valence electrons. The number of fused-ring (bicyclic) bond motifs is 1. The molecule has 0 spiro atoms. The standard InChI is InChI=1S/C20H19F3N6S/c1-5-30-16-7-13(29-12(3)6-11(2)27-29)9-25-18(16)19-26-14-8-17(20(21,22)23)24-10-15(14)28(19)4/h6-10H,5H2,1-4H3. The summed E-state index contributed by atoms with van der Waals surface area (Å²) in [5.74, 6) is 1.29. The van der Waals surface area contributed by atoms with E-state index in [2.05, 4.69) is 20.1 Å². The van der Waals surface area contributed by atoms with Gasteiger partial charge in [0.1, 0.15) is 11.4 Å². The van der Waals surface area contributed by atoms with Gasteiger partial charge >= 0.3 is 6.18 Å². The molecule has 0 aromatic carbocycles. The molecule has 6 nitrogen and oxygen atoms in total. The summed E-state index contributed by atoms with van der Waals surface area (Å²) in [4.78, 5) is 13.5. The van der Waals surface area contributed by atoms with E-state index in [-0.39, 0.29) is 5.52 Å². The molecule has 0 amide bonds. The van der Waals surface area contributed by atoms with Gasteiger partial charge in [-0.2, -0.15) is 18.3 Å². The SMILES string of the molecule is CCSc1cc(-n2nc(C)cc2C)cnc1-c1nc2cc(C(F)(F)F)ncc2n1C. The van der Waals surface area contributed by atoms with E-state index >= 15 is 0 Å². The van der Waals surface area contributed by atoms with Crippen LogP contribution in [-0.2, 0) is 13.2 Å². The highest BCUT2D eigenvalue weighted by Gasteiger charge is 2.33. The zero-order chi connectivity index (χ0) is 21.6. The van der Waals surface area contributed by atoms with E-state index in [1.54, 1.807) is 29.6 Å². The van der Waals surface area contributed by atoms with Gasteiger partial charge in [-0.1, -0.05) is 6.92 Å². The van der Waals surface area contributed by atoms with Crippen molar-refractivity contribution in [3.8, 4) is 17.2 Å². The lowest BCUT2D eigenvalue weighted by molar-refractivity contribution is -0.141. The van der Waals surface area contributed by atoms with Gasteiger partial charge in [-0.15, -0.1) is 11.8 Å². The van der Waals surface area contributed by atoms with Crippen LogP contribution in [0.25, 0.3) is 28.2 Å². The minimum Gasteiger partial charge on any atom is -0.325 e. The summed E-state index contributed by atoms with van der Waals surface area (Å²) in [6.45, 7) is 5.92. The number of rotatable bonds is 4. The third-order valence-electron chi connectivity index (χ3n) is 4.66. The van der Waals surface area contributed by atoms with Crippen LogP contribution >= 0.6 is 11.8 Å². The van der Waals surface area contributed by atoms with Crippen LogP contribution < -0.4 is 0 Å². The number of aryl methyl sites for hydroxylation is 3. The highest BCUT2D eigenvalue weighted by molar-refractivity contribution is 7.99. The molecular formula is C20H19F3N6S. The number of halogens is 3. The van der Waals surface area contributed by atoms with E-state index in [1.165, 1.54) is 6.20 Å². The summed E-state index contributed by atoms with van der Waals surface area (Å²) in [5.41, 5.74) is 3.10. The van der Waals surface area contributed by atoms with Gasteiger partial charge in [-0.3, -0.25) is 0 Å². The average Bonchev–Trinajstić information content (AvgIpc) is 3.19. The van der Waals surface area contributed by atoms with E-state index in [0.717, 1.165) is 33.8 Å². The Labute approximate surface area is 175 Å². The molecule has 0 N–H and O–H groups in total. The smallest absolute Gasteiger partial charge is 0.325 e. The van der Waals surface area contributed by atoms with Crippen LogP contribution in [0.1, 0.15) is 24.0 Å². The van der Waals surface area contributed by atoms with Crippen molar-refractivity contribution in [3.05, 3.63) is 47.7 Å². The lowest BCUT2D eigenvalue weighted by Gasteiger charge is -2.11. The topological polar surface area (TPSA) is 61.4 Å². The molecule has 30 heavy (non-hydrogen) atoms. The summed E-state index contributed by atoms with van der Waals surface area (Å²) in [6, 6.07) is 4.93. The van der Waals surface area contributed by atoms with Gasteiger partial charge in [0.2, 0.25) is 0 Å². The van der Waals surface area contributed by atoms with Crippen molar-refractivity contribution in [2.45, 2.75) is 31.8 Å². The highest BCUT2D eigenvalue weighted by Crippen LogP contribution is 2.34. The molecule has 0 aliphatic carbocycles. The van der Waals surface area contributed by atoms with E-state index < -0.39 is 11.9 Å². The van der Waals surface area contributed by atoms with Gasteiger partial charge in [0, 0.05) is 17.6 Å². The van der Waals surface area contributed by atoms with Crippen LogP contribution in [-0.4, -0.2) is 35.1 Å². The first-order valence-corrected chi connectivity index (χ1v) is 10.2. The highest BCUT2D eigenvalue weighted by atomic mass is 32.2. The molecule has 0 bridgehead atoms. The Morgan fingerprint density at radius 2 is 1.83 bits per heavy atom. The Hall–Kier alpha value is -2.88. The number of nitrogens with zero attached hydrogens (tertiary/aromatic N) is 6. The van der Waals surface area contributed by atoms with Crippen molar-refractivity contribution in [1.82, 2.24) is 29.3 Å². The lowest BCUT2D eigenvalue weighted by atomic mass is 10.3. The molecule has 0 saturated carbocycles. The third kappa shape index (κ3) is 3.55. The Balaban J connectivity index is 1.86. The van der Waals surface area contributed by atoms with Crippen LogP contribution in [0.3, 0.4) is 0 Å². The van der Waals surface area contributed by atoms with Gasteiger partial charge in [0.05, 0.1) is 34.8 Å². The van der Waals surface area contributed by atoms with Crippen LogP contribution in [0.5, 0.6) is 0 Å². The molecule has 0 saturated heterocycles. The molecule has 4 aromatic rings. The second kappa shape index (κ2) is 7.42. The number of hydrogen-bond acceptors (Lipinski definition) is 5. The van der Waals surface area contributed by atoms with Crippen molar-refractivity contribution >= 4 is 22.8 Å². The molecule has 4 aromatic heterocycles. The maximum atomic E-state index is 13.0. The van der Waals surface area contributed by atoms with E-state index in [0.29, 0.717) is 17.0 Å². The number of imidazole rings is 1. The van der Waals surface area contributed by atoms with Gasteiger partial charge in [-0.05, 0) is 37.8 Å². The quantitative estimate of drug-likeness (QED) is 0.427. The minimum atomic E-state index is -4.52. The normalized spacial score (nSPS) is 12.1. The van der Waals surface area contributed by atoms with Gasteiger partial charge in [-0.25, -0.2) is 19.6 Å². The Morgan fingerprint density at radius 1 is 1.07 bits per heavy atom. The van der Waals surface area contributed by atoms with Crippen molar-refractivity contribution in [2.24, 2.45) is 7.05 Å². The van der Waals surface area contributed by atoms with Crippen LogP contribution in [0.15, 0.2) is 35.5 Å². The zero-order valence-electron chi connectivity index (χ0n) is 16.8. The second-order valence-electron chi connectivity index (χ2n) is 6.86. The van der Waals surface area contributed by atoms with Crippen molar-refractivity contribution in [2.75, 3.05) is 5.75 Å². The molecule has 4 rings (SSSR count). The first kappa shape index (κ1) is 20.4. The first-order valence-electron chi connectivity index (χ1n) is 9.25. The predicted octanol–water partition coefficient (Wildman–Crippen LogP) is 4.96. The van der Waals surface area contributed by atoms with Crippen molar-refractivity contribution in [1.29, 1.82) is 0 Å². The average molecular weight is 432 g/mol. The third-order valence-corrected chi connectivity index (χ3v) is 5.57. The monoisotopic (exact) mass is 432 g/mol. The number of alkyl halides is 3. The summed E-state index contributed by atoms with van der Waals surface area (Å²) in [6.07, 6.45) is -1.62. The second-order valence-corrected chi connectivity index (χ2v) is 8.17. The Kier molecular flexibility index (Phi) is 5.05. The van der Waals surface area contributed by atoms with E-state index in [9.17, 15) is 13.2 Å². The fraction of sp³-hybridized carbons (Fsp3) is 0.300. The van der Waals surface area contributed by atoms with Crippen molar-refractivity contribution < 1.29 is 13.2 Å². The number of aromatic nitrogens is 6. The minimum absolute atomic E-state index is 0.228. The van der Waals surface area contributed by atoms with Crippen LogP contribution in [0, 0.1) is 13.8 Å². The first-order chi connectivity index (χ1) is 14.2. The molecule has 10 heteroatoms. The predicted molar refractivity (Wildman–Crippen MR) is 110 cm³/mol. The molecular weight excluding hydrogens is 413 g/mol. The van der Waals surface area contributed by atoms with Gasteiger partial charge < -0.3 is 4.57 Å². The fourth-order valence-corrected chi connectivity index (χ4v) is 4.13. The summed E-state index contributed by atoms with van der Waals surface area (Å²) in [5, 5.41) is 4.50. The largest absolute Gasteiger partial charge is 0.433 e. The van der Waals surface area contributed by atoms with Crippen LogP contribution in [0.2, 0.25) is 0 Å². The molecule has 4 heterocycles.